The van der Waals surface area contributed by atoms with Crippen molar-refractivity contribution in [3.8, 4) is 0 Å². The van der Waals surface area contributed by atoms with Gasteiger partial charge in [-0.3, -0.25) is 28.8 Å². The molecule has 0 aromatic heterocycles. The lowest BCUT2D eigenvalue weighted by Crippen LogP contribution is -2.62. The topological polar surface area (TPSA) is 175 Å². The first-order valence-corrected chi connectivity index (χ1v) is 19.5. The molecule has 2 aromatic carbocycles. The number of hydrogen-bond donors (Lipinski definition) is 3. The molecule has 6 rings (SSSR count). The van der Waals surface area contributed by atoms with Crippen molar-refractivity contribution in [3.05, 3.63) is 71.3 Å². The molecule has 14 heteroatoms. The van der Waals surface area contributed by atoms with E-state index in [0.29, 0.717) is 38.6 Å². The number of nitrogens with one attached hydrogen (secondary N) is 3. The van der Waals surface area contributed by atoms with Gasteiger partial charge in [0, 0.05) is 26.1 Å². The van der Waals surface area contributed by atoms with Crippen molar-refractivity contribution in [2.45, 2.75) is 108 Å². The van der Waals surface area contributed by atoms with Crippen molar-refractivity contribution in [3.63, 3.8) is 0 Å². The highest BCUT2D eigenvalue weighted by molar-refractivity contribution is 5.98. The number of nitrogens with zero attached hydrogens (tertiary/aromatic N) is 3. The van der Waals surface area contributed by atoms with Crippen molar-refractivity contribution in [2.75, 3.05) is 26.2 Å². The summed E-state index contributed by atoms with van der Waals surface area (Å²) < 4.78 is 5.76. The van der Waals surface area contributed by atoms with Gasteiger partial charge in [-0.25, -0.2) is 4.79 Å². The Labute approximate surface area is 321 Å². The summed E-state index contributed by atoms with van der Waals surface area (Å²) in [6.45, 7) is 5.69. The van der Waals surface area contributed by atoms with Crippen LogP contribution in [0.25, 0.3) is 0 Å². The molecule has 0 unspecified atom stereocenters. The van der Waals surface area contributed by atoms with Gasteiger partial charge in [-0.15, -0.1) is 0 Å². The van der Waals surface area contributed by atoms with Crippen LogP contribution < -0.4 is 16.0 Å². The Morgan fingerprint density at radius 1 is 0.800 bits per heavy atom. The van der Waals surface area contributed by atoms with Crippen LogP contribution in [-0.4, -0.2) is 119 Å². The summed E-state index contributed by atoms with van der Waals surface area (Å²) in [5, 5.41) is 8.41. The number of aryl methyl sites for hydroxylation is 1. The molecule has 294 valence electrons. The molecule has 4 heterocycles. The molecular weight excluding hydrogens is 704 g/mol. The van der Waals surface area contributed by atoms with Gasteiger partial charge in [0.15, 0.2) is 0 Å². The van der Waals surface area contributed by atoms with Crippen molar-refractivity contribution in [1.82, 2.24) is 30.7 Å². The molecule has 0 radical (unpaired) electrons. The number of benzene rings is 2. The first kappa shape index (κ1) is 39.4. The van der Waals surface area contributed by atoms with Crippen molar-refractivity contribution < 1.29 is 38.3 Å². The minimum atomic E-state index is -1.41. The second-order valence-corrected chi connectivity index (χ2v) is 15.5. The Hall–Kier alpha value is -5.27. The maximum atomic E-state index is 14.5. The molecule has 2 aromatic rings. The fraction of sp³-hybridized carbons (Fsp3) is 0.537. The number of rotatable bonds is 7. The number of ether oxygens (including phenoxy) is 1. The monoisotopic (exact) mass is 756 g/mol. The first-order chi connectivity index (χ1) is 26.4. The molecule has 0 aliphatic carbocycles. The third kappa shape index (κ3) is 9.34. The summed E-state index contributed by atoms with van der Waals surface area (Å²) in [4.78, 5) is 102. The molecule has 0 spiro atoms. The van der Waals surface area contributed by atoms with E-state index in [4.69, 9.17) is 4.74 Å². The van der Waals surface area contributed by atoms with E-state index in [1.807, 2.05) is 68.4 Å². The summed E-state index contributed by atoms with van der Waals surface area (Å²) >= 11 is 0. The van der Waals surface area contributed by atoms with Gasteiger partial charge < -0.3 is 35.4 Å². The highest BCUT2D eigenvalue weighted by atomic mass is 16.5. The van der Waals surface area contributed by atoms with E-state index < -0.39 is 78.4 Å². The number of esters is 1. The highest BCUT2D eigenvalue weighted by Gasteiger charge is 2.46. The zero-order chi connectivity index (χ0) is 39.2. The lowest BCUT2D eigenvalue weighted by atomic mass is 9.99. The van der Waals surface area contributed by atoms with Gasteiger partial charge in [0.2, 0.25) is 35.4 Å². The fourth-order valence-electron chi connectivity index (χ4n) is 8.18. The first-order valence-electron chi connectivity index (χ1n) is 19.5. The minimum Gasteiger partial charge on any atom is -0.461 e. The van der Waals surface area contributed by atoms with Gasteiger partial charge in [-0.05, 0) is 69.4 Å². The van der Waals surface area contributed by atoms with Gasteiger partial charge in [0.05, 0.1) is 6.42 Å². The third-order valence-electron chi connectivity index (χ3n) is 11.1. The summed E-state index contributed by atoms with van der Waals surface area (Å²) in [6.07, 6.45) is 3.14. The summed E-state index contributed by atoms with van der Waals surface area (Å²) in [6, 6.07) is 10.5. The second kappa shape index (κ2) is 17.5. The van der Waals surface area contributed by atoms with Gasteiger partial charge in [-0.2, -0.15) is 0 Å². The molecule has 55 heavy (non-hydrogen) atoms. The molecule has 6 amide bonds. The van der Waals surface area contributed by atoms with Gasteiger partial charge >= 0.3 is 5.97 Å². The zero-order valence-corrected chi connectivity index (χ0v) is 31.8. The third-order valence-corrected chi connectivity index (χ3v) is 11.1. The van der Waals surface area contributed by atoms with Crippen LogP contribution in [0.1, 0.15) is 69.1 Å². The SMILES string of the molecule is Cc1ccc(CC(=O)N[C@@H](Cc2ccccc2)C(=O)N[C@H]2COC(=O)[C@@H]3C[C@H](C)CN3C(=O)[C@H](C)NC(=O)[C@@H]3CCCCN3C(=O)[C@@H]3CCCN3C2=O)cc1. The van der Waals surface area contributed by atoms with Gasteiger partial charge in [-0.1, -0.05) is 67.1 Å². The lowest BCUT2D eigenvalue weighted by molar-refractivity contribution is -0.158. The van der Waals surface area contributed by atoms with E-state index in [2.05, 4.69) is 16.0 Å². The number of carbonyl (C=O) groups excluding carboxylic acids is 7. The normalized spacial score (nSPS) is 27.0. The van der Waals surface area contributed by atoms with Crippen molar-refractivity contribution in [1.29, 1.82) is 0 Å². The number of carbonyl (C=O) groups is 7. The van der Waals surface area contributed by atoms with Crippen LogP contribution in [0, 0.1) is 12.8 Å². The number of fused-ring (bicyclic) bond motifs is 3. The molecule has 4 aliphatic heterocycles. The predicted molar refractivity (Wildman–Crippen MR) is 201 cm³/mol. The van der Waals surface area contributed by atoms with E-state index in [1.54, 1.807) is 6.92 Å². The van der Waals surface area contributed by atoms with Crippen molar-refractivity contribution >= 4 is 41.4 Å². The van der Waals surface area contributed by atoms with E-state index in [1.165, 1.54) is 14.7 Å². The van der Waals surface area contributed by atoms with Crippen LogP contribution in [-0.2, 0) is 51.1 Å². The number of hydrogen-bond acceptors (Lipinski definition) is 8. The Balaban J connectivity index is 1.29. The summed E-state index contributed by atoms with van der Waals surface area (Å²) in [5.74, 6) is -3.74. The lowest BCUT2D eigenvalue weighted by Gasteiger charge is -2.39. The smallest absolute Gasteiger partial charge is 0.328 e. The van der Waals surface area contributed by atoms with Crippen LogP contribution in [0.4, 0.5) is 0 Å². The predicted octanol–water partition coefficient (Wildman–Crippen LogP) is 1.42. The quantitative estimate of drug-likeness (QED) is 0.356. The van der Waals surface area contributed by atoms with E-state index in [0.717, 1.165) is 23.1 Å². The van der Waals surface area contributed by atoms with E-state index in [9.17, 15) is 33.6 Å². The standard InChI is InChI=1S/C41H52N6O8/c1-25-14-16-29(17-15-25)22-35(48)43-30(21-28-10-5-4-6-11-28)36(49)44-31-24-55-41(54)34-20-26(2)23-47(34)38(51)27(3)42-37(50)32-12-7-8-18-45(32)40(53)33-13-9-19-46(33)39(31)52/h4-6,10-11,14-17,26-27,30-34H,7-9,12-13,18-24H2,1-3H3,(H,42,50)(H,43,48)(H,44,49)/t26-,27-,30-,31-,32-,33-,34-/m0/s1. The molecule has 14 nitrogen and oxygen atoms in total. The average molecular weight is 757 g/mol. The van der Waals surface area contributed by atoms with Crippen LogP contribution in [0.3, 0.4) is 0 Å². The van der Waals surface area contributed by atoms with Gasteiger partial charge in [0.1, 0.15) is 42.9 Å². The molecule has 4 saturated heterocycles. The Morgan fingerprint density at radius 3 is 2.24 bits per heavy atom. The molecular formula is C41H52N6O8. The van der Waals surface area contributed by atoms with Crippen LogP contribution in [0.2, 0.25) is 0 Å². The second-order valence-electron chi connectivity index (χ2n) is 15.5. The Bertz CT molecular complexity index is 1770. The van der Waals surface area contributed by atoms with Gasteiger partial charge in [0.25, 0.3) is 0 Å². The van der Waals surface area contributed by atoms with E-state index in [-0.39, 0.29) is 37.8 Å². The van der Waals surface area contributed by atoms with Crippen molar-refractivity contribution in [2.24, 2.45) is 5.92 Å². The molecule has 0 bridgehead atoms. The summed E-state index contributed by atoms with van der Waals surface area (Å²) in [5.41, 5.74) is 2.58. The van der Waals surface area contributed by atoms with Crippen LogP contribution in [0.15, 0.2) is 54.6 Å². The molecule has 4 fully saturated rings. The zero-order valence-electron chi connectivity index (χ0n) is 31.8. The molecule has 3 N–H and O–H groups in total. The molecule has 4 aliphatic rings. The maximum absolute atomic E-state index is 14.5. The minimum absolute atomic E-state index is 0.0273. The number of amides is 6. The molecule has 7 atom stereocenters. The average Bonchev–Trinajstić information content (AvgIpc) is 3.83. The highest BCUT2D eigenvalue weighted by Crippen LogP contribution is 2.28. The molecule has 0 saturated carbocycles. The fourth-order valence-corrected chi connectivity index (χ4v) is 8.18. The van der Waals surface area contributed by atoms with E-state index >= 15 is 0 Å². The maximum Gasteiger partial charge on any atom is 0.328 e. The Kier molecular flexibility index (Phi) is 12.5. The largest absolute Gasteiger partial charge is 0.461 e. The van der Waals surface area contributed by atoms with Crippen LogP contribution in [0.5, 0.6) is 0 Å². The number of cyclic esters (lactones) is 1. The number of piperidine rings is 1. The Morgan fingerprint density at radius 2 is 1.49 bits per heavy atom. The van der Waals surface area contributed by atoms with Crippen LogP contribution >= 0.6 is 0 Å². The summed E-state index contributed by atoms with van der Waals surface area (Å²) in [7, 11) is 0.